The first-order chi connectivity index (χ1) is 16.2. The Morgan fingerprint density at radius 3 is 2.36 bits per heavy atom. The van der Waals surface area contributed by atoms with Gasteiger partial charge in [-0.05, 0) is 73.0 Å². The molecule has 6 heteroatoms. The van der Waals surface area contributed by atoms with Crippen molar-refractivity contribution in [1.82, 2.24) is 9.97 Å². The maximum Gasteiger partial charge on any atom is 0.225 e. The molecule has 0 atom stereocenters. The number of nitrogens with zero attached hydrogens (tertiary/aromatic N) is 4. The number of piperazine rings is 1. The van der Waals surface area contributed by atoms with Crippen LogP contribution in [0.15, 0.2) is 48.5 Å². The van der Waals surface area contributed by atoms with Crippen LogP contribution in [-0.4, -0.2) is 36.1 Å². The molecule has 0 saturated carbocycles. The molecule has 33 heavy (non-hydrogen) atoms. The third-order valence-electron chi connectivity index (χ3n) is 7.02. The van der Waals surface area contributed by atoms with Crippen molar-refractivity contribution in [3.63, 3.8) is 0 Å². The Labute approximate surface area is 203 Å². The van der Waals surface area contributed by atoms with Gasteiger partial charge in [-0.25, -0.2) is 4.98 Å². The van der Waals surface area contributed by atoms with E-state index < -0.39 is 0 Å². The SMILES string of the molecule is Cc1sc2nc(Cl)nc(N3CCN(c4ccccc4)CC3)c2c1-c1ccc2c(c1)CCCC2. The van der Waals surface area contributed by atoms with Gasteiger partial charge in [-0.3, -0.25) is 0 Å². The van der Waals surface area contributed by atoms with Crippen molar-refractivity contribution in [2.75, 3.05) is 36.0 Å². The zero-order valence-electron chi connectivity index (χ0n) is 18.9. The fourth-order valence-electron chi connectivity index (χ4n) is 5.35. The second-order valence-corrected chi connectivity index (χ2v) is 10.6. The average molecular weight is 475 g/mol. The minimum absolute atomic E-state index is 0.334. The molecule has 1 fully saturated rings. The summed E-state index contributed by atoms with van der Waals surface area (Å²) in [5.74, 6) is 0.981. The number of aryl methyl sites for hydroxylation is 3. The predicted molar refractivity (Wildman–Crippen MR) is 140 cm³/mol. The minimum Gasteiger partial charge on any atom is -0.368 e. The summed E-state index contributed by atoms with van der Waals surface area (Å²) in [6.45, 7) is 5.95. The molecule has 0 amide bonds. The van der Waals surface area contributed by atoms with Crippen LogP contribution in [-0.2, 0) is 12.8 Å². The van der Waals surface area contributed by atoms with Crippen molar-refractivity contribution in [1.29, 1.82) is 0 Å². The fourth-order valence-corrected chi connectivity index (χ4v) is 6.60. The van der Waals surface area contributed by atoms with E-state index in [-0.39, 0.29) is 0 Å². The molecule has 0 N–H and O–H groups in total. The summed E-state index contributed by atoms with van der Waals surface area (Å²) >= 11 is 8.15. The average Bonchev–Trinajstić information content (AvgIpc) is 3.19. The zero-order chi connectivity index (χ0) is 22.4. The molecule has 0 spiro atoms. The lowest BCUT2D eigenvalue weighted by atomic mass is 9.89. The molecule has 6 rings (SSSR count). The lowest BCUT2D eigenvalue weighted by molar-refractivity contribution is 0.649. The van der Waals surface area contributed by atoms with Gasteiger partial charge in [0, 0.05) is 42.3 Å². The molecule has 2 aliphatic rings. The van der Waals surface area contributed by atoms with Crippen LogP contribution in [0.1, 0.15) is 28.8 Å². The van der Waals surface area contributed by atoms with E-state index in [1.807, 2.05) is 0 Å². The standard InChI is InChI=1S/C27H27ClN4S/c1-18-23(21-12-11-19-7-5-6-8-20(19)17-21)24-25(29-27(28)30-26(24)33-18)32-15-13-31(14-16-32)22-9-3-2-4-10-22/h2-4,9-12,17H,5-8,13-16H2,1H3. The number of hydrogen-bond acceptors (Lipinski definition) is 5. The van der Waals surface area contributed by atoms with Gasteiger partial charge in [-0.2, -0.15) is 4.98 Å². The van der Waals surface area contributed by atoms with E-state index >= 15 is 0 Å². The van der Waals surface area contributed by atoms with Crippen molar-refractivity contribution in [3.05, 3.63) is 69.8 Å². The molecule has 4 aromatic rings. The number of fused-ring (bicyclic) bond motifs is 2. The monoisotopic (exact) mass is 474 g/mol. The molecular formula is C27H27ClN4S. The molecule has 2 aromatic heterocycles. The number of halogens is 1. The molecule has 0 bridgehead atoms. The third-order valence-corrected chi connectivity index (χ3v) is 8.19. The smallest absolute Gasteiger partial charge is 0.225 e. The van der Waals surface area contributed by atoms with Crippen molar-refractivity contribution in [3.8, 4) is 11.1 Å². The van der Waals surface area contributed by atoms with E-state index in [1.165, 1.54) is 58.5 Å². The zero-order valence-corrected chi connectivity index (χ0v) is 20.4. The van der Waals surface area contributed by atoms with Gasteiger partial charge in [-0.1, -0.05) is 36.4 Å². The van der Waals surface area contributed by atoms with Crippen LogP contribution in [0.25, 0.3) is 21.3 Å². The lowest BCUT2D eigenvalue weighted by Crippen LogP contribution is -2.47. The topological polar surface area (TPSA) is 32.3 Å². The van der Waals surface area contributed by atoms with E-state index in [0.29, 0.717) is 5.28 Å². The Kier molecular flexibility index (Phi) is 5.47. The highest BCUT2D eigenvalue weighted by Gasteiger charge is 2.25. The second kappa shape index (κ2) is 8.62. The number of benzene rings is 2. The summed E-state index contributed by atoms with van der Waals surface area (Å²) in [6, 6.07) is 17.7. The Morgan fingerprint density at radius 2 is 1.58 bits per heavy atom. The summed E-state index contributed by atoms with van der Waals surface area (Å²) in [5, 5.41) is 1.49. The molecule has 0 unspecified atom stereocenters. The van der Waals surface area contributed by atoms with Crippen molar-refractivity contribution >= 4 is 44.7 Å². The van der Waals surface area contributed by atoms with Gasteiger partial charge in [-0.15, -0.1) is 11.3 Å². The van der Waals surface area contributed by atoms with E-state index in [9.17, 15) is 0 Å². The van der Waals surface area contributed by atoms with Crippen LogP contribution in [0, 0.1) is 6.92 Å². The van der Waals surface area contributed by atoms with Crippen LogP contribution in [0.4, 0.5) is 11.5 Å². The van der Waals surface area contributed by atoms with Crippen LogP contribution in [0.2, 0.25) is 5.28 Å². The highest BCUT2D eigenvalue weighted by Crippen LogP contribution is 2.43. The van der Waals surface area contributed by atoms with Gasteiger partial charge in [0.25, 0.3) is 0 Å². The number of aromatic nitrogens is 2. The van der Waals surface area contributed by atoms with Crippen molar-refractivity contribution in [2.45, 2.75) is 32.6 Å². The summed E-state index contributed by atoms with van der Waals surface area (Å²) in [7, 11) is 0. The summed E-state index contributed by atoms with van der Waals surface area (Å²) in [6.07, 6.45) is 4.98. The Balaban J connectivity index is 1.39. The minimum atomic E-state index is 0.334. The largest absolute Gasteiger partial charge is 0.368 e. The van der Waals surface area contributed by atoms with Gasteiger partial charge in [0.2, 0.25) is 5.28 Å². The van der Waals surface area contributed by atoms with Gasteiger partial charge >= 0.3 is 0 Å². The van der Waals surface area contributed by atoms with Crippen LogP contribution in [0.3, 0.4) is 0 Å². The highest BCUT2D eigenvalue weighted by atomic mass is 35.5. The molecular weight excluding hydrogens is 448 g/mol. The quantitative estimate of drug-likeness (QED) is 0.316. The molecule has 168 valence electrons. The maximum absolute atomic E-state index is 6.42. The summed E-state index contributed by atoms with van der Waals surface area (Å²) in [4.78, 5) is 16.5. The molecule has 1 saturated heterocycles. The van der Waals surface area contributed by atoms with Crippen molar-refractivity contribution in [2.24, 2.45) is 0 Å². The normalized spacial score (nSPS) is 16.3. The maximum atomic E-state index is 6.42. The number of hydrogen-bond donors (Lipinski definition) is 0. The third kappa shape index (κ3) is 3.87. The van der Waals surface area contributed by atoms with Crippen LogP contribution in [0.5, 0.6) is 0 Å². The highest BCUT2D eigenvalue weighted by molar-refractivity contribution is 7.19. The van der Waals surface area contributed by atoms with Gasteiger partial charge < -0.3 is 9.80 Å². The van der Waals surface area contributed by atoms with Crippen LogP contribution >= 0.6 is 22.9 Å². The molecule has 2 aromatic carbocycles. The van der Waals surface area contributed by atoms with Gasteiger partial charge in [0.05, 0.1) is 5.39 Å². The first-order valence-electron chi connectivity index (χ1n) is 11.8. The summed E-state index contributed by atoms with van der Waals surface area (Å²) < 4.78 is 0. The van der Waals surface area contributed by atoms with E-state index in [0.717, 1.165) is 42.2 Å². The van der Waals surface area contributed by atoms with Gasteiger partial charge in [0.1, 0.15) is 10.6 Å². The first-order valence-corrected chi connectivity index (χ1v) is 13.0. The molecule has 1 aliphatic heterocycles. The number of para-hydroxylation sites is 1. The predicted octanol–water partition coefficient (Wildman–Crippen LogP) is 6.53. The van der Waals surface area contributed by atoms with Gasteiger partial charge in [0.15, 0.2) is 0 Å². The first kappa shape index (κ1) is 20.9. The molecule has 4 nitrogen and oxygen atoms in total. The molecule has 0 radical (unpaired) electrons. The van der Waals surface area contributed by atoms with Crippen LogP contribution < -0.4 is 9.80 Å². The van der Waals surface area contributed by atoms with E-state index in [1.54, 1.807) is 11.3 Å². The second-order valence-electron chi connectivity index (χ2n) is 9.03. The molecule has 3 heterocycles. The van der Waals surface area contributed by atoms with Crippen molar-refractivity contribution < 1.29 is 0 Å². The fraction of sp³-hybridized carbons (Fsp3) is 0.333. The number of rotatable bonds is 3. The Morgan fingerprint density at radius 1 is 0.848 bits per heavy atom. The number of thiophene rings is 1. The lowest BCUT2D eigenvalue weighted by Gasteiger charge is -2.37. The van der Waals surface area contributed by atoms with E-state index in [4.69, 9.17) is 16.6 Å². The number of anilines is 2. The molecule has 1 aliphatic carbocycles. The summed E-state index contributed by atoms with van der Waals surface area (Å²) in [5.41, 5.74) is 6.86. The Hall–Kier alpha value is -2.63. The Bertz CT molecular complexity index is 1310. The van der Waals surface area contributed by atoms with E-state index in [2.05, 4.69) is 70.2 Å².